The fourth-order valence-electron chi connectivity index (χ4n) is 4.16. The van der Waals surface area contributed by atoms with Gasteiger partial charge in [0.05, 0.1) is 8.42 Å². The van der Waals surface area contributed by atoms with Crippen molar-refractivity contribution in [1.82, 2.24) is 0 Å². The third-order valence-electron chi connectivity index (χ3n) is 5.58. The summed E-state index contributed by atoms with van der Waals surface area (Å²) < 4.78 is 2.78. The molecule has 4 aromatic rings. The Morgan fingerprint density at radius 2 is 1.03 bits per heavy atom. The summed E-state index contributed by atoms with van der Waals surface area (Å²) in [5.74, 6) is 0. The van der Waals surface area contributed by atoms with E-state index in [0.717, 1.165) is 0 Å². The first-order chi connectivity index (χ1) is 15.2. The maximum Gasteiger partial charge on any atom is 0.0655 e. The van der Waals surface area contributed by atoms with Crippen LogP contribution >= 0.6 is 46.2 Å². The third kappa shape index (κ3) is 4.73. The standard InChI is InChI=1S/C27H24S4/c1-18-24(16-26(28-18)30-20-10-5-3-6-11-20)22-14-9-15-23(22)25-17-27(29-19(25)2)31-21-12-7-4-8-13-21/h3-8,10-13,16-17H,9,14-15H2,1-2H3. The van der Waals surface area contributed by atoms with Crippen LogP contribution in [0.25, 0.3) is 11.1 Å². The Morgan fingerprint density at radius 1 is 0.613 bits per heavy atom. The molecule has 0 nitrogen and oxygen atoms in total. The maximum absolute atomic E-state index is 2.43. The van der Waals surface area contributed by atoms with Gasteiger partial charge in [0.1, 0.15) is 0 Å². The first-order valence-corrected chi connectivity index (χ1v) is 13.8. The summed E-state index contributed by atoms with van der Waals surface area (Å²) in [5, 5.41) is 0. The Hall–Kier alpha value is -1.72. The highest BCUT2D eigenvalue weighted by Gasteiger charge is 2.23. The Kier molecular flexibility index (Phi) is 6.42. The number of aryl methyl sites for hydroxylation is 2. The van der Waals surface area contributed by atoms with E-state index in [2.05, 4.69) is 86.6 Å². The molecule has 4 heteroatoms. The van der Waals surface area contributed by atoms with Crippen LogP contribution in [0.3, 0.4) is 0 Å². The molecule has 0 fully saturated rings. The van der Waals surface area contributed by atoms with Crippen molar-refractivity contribution in [2.45, 2.75) is 51.3 Å². The number of thiophene rings is 2. The fourth-order valence-corrected chi connectivity index (χ4v) is 8.76. The Bertz CT molecular complexity index is 1120. The molecule has 0 atom stereocenters. The van der Waals surface area contributed by atoms with Crippen molar-refractivity contribution in [3.05, 3.63) is 93.7 Å². The van der Waals surface area contributed by atoms with E-state index < -0.39 is 0 Å². The molecule has 0 saturated heterocycles. The highest BCUT2D eigenvalue weighted by Crippen LogP contribution is 2.48. The van der Waals surface area contributed by atoms with Gasteiger partial charge in [0, 0.05) is 19.5 Å². The zero-order chi connectivity index (χ0) is 21.2. The molecule has 0 bridgehead atoms. The molecule has 2 aromatic carbocycles. The number of hydrogen-bond acceptors (Lipinski definition) is 4. The van der Waals surface area contributed by atoms with Crippen molar-refractivity contribution in [3.63, 3.8) is 0 Å². The first kappa shape index (κ1) is 21.1. The van der Waals surface area contributed by atoms with E-state index in [-0.39, 0.29) is 0 Å². The van der Waals surface area contributed by atoms with Crippen LogP contribution in [0.5, 0.6) is 0 Å². The summed E-state index contributed by atoms with van der Waals surface area (Å²) in [6.07, 6.45) is 3.65. The average Bonchev–Trinajstić information content (AvgIpc) is 3.48. The zero-order valence-corrected chi connectivity index (χ0v) is 20.9. The quantitative estimate of drug-likeness (QED) is 0.271. The Morgan fingerprint density at radius 3 is 1.45 bits per heavy atom. The van der Waals surface area contributed by atoms with Crippen molar-refractivity contribution in [3.8, 4) is 0 Å². The summed E-state index contributed by atoms with van der Waals surface area (Å²) in [4.78, 5) is 5.51. The van der Waals surface area contributed by atoms with E-state index in [4.69, 9.17) is 0 Å². The van der Waals surface area contributed by atoms with Crippen LogP contribution in [0.15, 0.2) is 91.0 Å². The van der Waals surface area contributed by atoms with Gasteiger partial charge in [0.2, 0.25) is 0 Å². The molecule has 1 aliphatic carbocycles. The molecule has 156 valence electrons. The van der Waals surface area contributed by atoms with Crippen LogP contribution in [0.4, 0.5) is 0 Å². The predicted molar refractivity (Wildman–Crippen MR) is 140 cm³/mol. The summed E-state index contributed by atoms with van der Waals surface area (Å²) in [6, 6.07) is 26.3. The lowest BCUT2D eigenvalue weighted by atomic mass is 9.98. The van der Waals surface area contributed by atoms with Gasteiger partial charge < -0.3 is 0 Å². The van der Waals surface area contributed by atoms with Crippen molar-refractivity contribution in [2.75, 3.05) is 0 Å². The van der Waals surface area contributed by atoms with Crippen LogP contribution < -0.4 is 0 Å². The van der Waals surface area contributed by atoms with Gasteiger partial charge in [-0.25, -0.2) is 0 Å². The number of rotatable bonds is 6. The normalized spacial score (nSPS) is 13.9. The van der Waals surface area contributed by atoms with Crippen molar-refractivity contribution in [1.29, 1.82) is 0 Å². The van der Waals surface area contributed by atoms with Crippen LogP contribution in [0, 0.1) is 13.8 Å². The molecule has 0 spiro atoms. The summed E-state index contributed by atoms with van der Waals surface area (Å²) >= 11 is 7.63. The summed E-state index contributed by atoms with van der Waals surface area (Å²) in [6.45, 7) is 4.57. The molecule has 0 N–H and O–H groups in total. The van der Waals surface area contributed by atoms with Gasteiger partial charge in [0.15, 0.2) is 0 Å². The van der Waals surface area contributed by atoms with Crippen LogP contribution in [-0.2, 0) is 0 Å². The average molecular weight is 477 g/mol. The van der Waals surface area contributed by atoms with Crippen molar-refractivity contribution >= 4 is 57.3 Å². The number of allylic oxidation sites excluding steroid dienone is 2. The molecule has 0 saturated carbocycles. The third-order valence-corrected chi connectivity index (χ3v) is 9.93. The number of hydrogen-bond donors (Lipinski definition) is 0. The molecule has 5 rings (SSSR count). The summed E-state index contributed by atoms with van der Waals surface area (Å²) in [7, 11) is 0. The molecule has 2 heterocycles. The van der Waals surface area contributed by atoms with Gasteiger partial charge in [0.25, 0.3) is 0 Å². The minimum absolute atomic E-state index is 1.19. The second-order valence-electron chi connectivity index (χ2n) is 7.71. The van der Waals surface area contributed by atoms with Gasteiger partial charge in [-0.05, 0) is 91.8 Å². The fraction of sp³-hybridized carbons (Fsp3) is 0.185. The molecule has 0 aliphatic heterocycles. The van der Waals surface area contributed by atoms with E-state index >= 15 is 0 Å². The van der Waals surface area contributed by atoms with Crippen molar-refractivity contribution in [2.24, 2.45) is 0 Å². The van der Waals surface area contributed by atoms with E-state index in [0.29, 0.717) is 0 Å². The molecular weight excluding hydrogens is 453 g/mol. The van der Waals surface area contributed by atoms with Gasteiger partial charge in [-0.15, -0.1) is 22.7 Å². The lowest BCUT2D eigenvalue weighted by molar-refractivity contribution is 0.941. The van der Waals surface area contributed by atoms with Crippen LogP contribution in [-0.4, -0.2) is 0 Å². The van der Waals surface area contributed by atoms with Crippen molar-refractivity contribution < 1.29 is 0 Å². The van der Waals surface area contributed by atoms with E-state index in [1.807, 2.05) is 46.2 Å². The highest BCUT2D eigenvalue weighted by molar-refractivity contribution is 8.01. The van der Waals surface area contributed by atoms with E-state index in [9.17, 15) is 0 Å². The van der Waals surface area contributed by atoms with Gasteiger partial charge in [-0.1, -0.05) is 59.9 Å². The minimum atomic E-state index is 1.19. The largest absolute Gasteiger partial charge is 0.133 e. The summed E-state index contributed by atoms with van der Waals surface area (Å²) in [5.41, 5.74) is 6.09. The lowest BCUT2D eigenvalue weighted by Gasteiger charge is -2.07. The van der Waals surface area contributed by atoms with Crippen LogP contribution in [0.1, 0.15) is 40.1 Å². The minimum Gasteiger partial charge on any atom is -0.133 e. The first-order valence-electron chi connectivity index (χ1n) is 10.6. The molecule has 2 aromatic heterocycles. The monoisotopic (exact) mass is 476 g/mol. The smallest absolute Gasteiger partial charge is 0.0655 e. The highest BCUT2D eigenvalue weighted by atomic mass is 32.2. The molecule has 0 amide bonds. The zero-order valence-electron chi connectivity index (χ0n) is 17.7. The Balaban J connectivity index is 1.45. The van der Waals surface area contributed by atoms with Crippen LogP contribution in [0.2, 0.25) is 0 Å². The molecule has 31 heavy (non-hydrogen) atoms. The van der Waals surface area contributed by atoms with Gasteiger partial charge in [-0.2, -0.15) is 0 Å². The molecular formula is C27H24S4. The molecule has 1 aliphatic rings. The maximum atomic E-state index is 2.43. The number of benzene rings is 2. The molecule has 0 unspecified atom stereocenters. The lowest BCUT2D eigenvalue weighted by Crippen LogP contribution is -1.86. The van der Waals surface area contributed by atoms with Gasteiger partial charge >= 0.3 is 0 Å². The predicted octanol–water partition coefficient (Wildman–Crippen LogP) is 9.82. The van der Waals surface area contributed by atoms with E-state index in [1.54, 1.807) is 11.1 Å². The second kappa shape index (κ2) is 9.41. The van der Waals surface area contributed by atoms with E-state index in [1.165, 1.54) is 58.4 Å². The van der Waals surface area contributed by atoms with Gasteiger partial charge in [-0.3, -0.25) is 0 Å². The Labute approximate surface area is 201 Å². The topological polar surface area (TPSA) is 0 Å². The molecule has 0 radical (unpaired) electrons. The SMILES string of the molecule is Cc1sc(Sc2ccccc2)cc1C1=C(c2cc(Sc3ccccc3)sc2C)CCC1. The second-order valence-corrected chi connectivity index (χ2v) is 13.0.